The van der Waals surface area contributed by atoms with E-state index in [-0.39, 0.29) is 5.41 Å². The van der Waals surface area contributed by atoms with Crippen molar-refractivity contribution in [1.29, 1.82) is 5.26 Å². The molecular formula is C17H23NO. The second-order valence-corrected chi connectivity index (χ2v) is 5.97. The van der Waals surface area contributed by atoms with Crippen LogP contribution in [0.5, 0.6) is 5.75 Å². The Labute approximate surface area is 116 Å². The van der Waals surface area contributed by atoms with Gasteiger partial charge in [-0.1, -0.05) is 45.2 Å². The fourth-order valence-corrected chi connectivity index (χ4v) is 2.70. The lowest BCUT2D eigenvalue weighted by Gasteiger charge is -2.30. The van der Waals surface area contributed by atoms with Gasteiger partial charge >= 0.3 is 0 Å². The van der Waals surface area contributed by atoms with Gasteiger partial charge in [0.2, 0.25) is 0 Å². The fourth-order valence-electron chi connectivity index (χ4n) is 2.70. The first kappa shape index (κ1) is 13.9. The maximum atomic E-state index is 9.43. The maximum absolute atomic E-state index is 9.43. The van der Waals surface area contributed by atoms with Crippen LogP contribution in [0.4, 0.5) is 0 Å². The molecule has 1 aromatic rings. The first-order valence-corrected chi connectivity index (χ1v) is 7.29. The van der Waals surface area contributed by atoms with Crippen molar-refractivity contribution in [3.05, 3.63) is 29.8 Å². The molecule has 0 N–H and O–H groups in total. The summed E-state index contributed by atoms with van der Waals surface area (Å²) in [7, 11) is 0. The Hall–Kier alpha value is -1.49. The van der Waals surface area contributed by atoms with Crippen molar-refractivity contribution in [2.24, 2.45) is 5.41 Å². The highest BCUT2D eigenvalue weighted by Crippen LogP contribution is 2.36. The van der Waals surface area contributed by atoms with Gasteiger partial charge in [-0.2, -0.15) is 5.26 Å². The summed E-state index contributed by atoms with van der Waals surface area (Å²) in [5, 5.41) is 9.43. The smallest absolute Gasteiger partial charge is 0.119 e. The molecule has 0 radical (unpaired) electrons. The Morgan fingerprint density at radius 3 is 2.63 bits per heavy atom. The highest BCUT2D eigenvalue weighted by molar-refractivity contribution is 5.30. The van der Waals surface area contributed by atoms with E-state index in [9.17, 15) is 5.26 Å². The van der Waals surface area contributed by atoms with Crippen LogP contribution in [0.1, 0.15) is 57.4 Å². The van der Waals surface area contributed by atoms with E-state index in [4.69, 9.17) is 4.74 Å². The van der Waals surface area contributed by atoms with Crippen molar-refractivity contribution in [3.8, 4) is 11.8 Å². The van der Waals surface area contributed by atoms with Crippen LogP contribution in [0.25, 0.3) is 0 Å². The summed E-state index contributed by atoms with van der Waals surface area (Å²) < 4.78 is 5.91. The van der Waals surface area contributed by atoms with Crippen LogP contribution >= 0.6 is 0 Å². The molecule has 19 heavy (non-hydrogen) atoms. The molecule has 0 bridgehead atoms. The summed E-state index contributed by atoms with van der Waals surface area (Å²) in [4.78, 5) is 0. The van der Waals surface area contributed by atoms with E-state index in [0.29, 0.717) is 12.5 Å². The van der Waals surface area contributed by atoms with Crippen LogP contribution in [0.3, 0.4) is 0 Å². The normalized spacial score (nSPS) is 18.0. The topological polar surface area (TPSA) is 33.0 Å². The Morgan fingerprint density at radius 1 is 1.26 bits per heavy atom. The summed E-state index contributed by atoms with van der Waals surface area (Å²) in [6.45, 7) is 4.89. The van der Waals surface area contributed by atoms with E-state index in [2.05, 4.69) is 32.0 Å². The predicted octanol–water partition coefficient (Wildman–Crippen LogP) is 4.66. The first-order valence-electron chi connectivity index (χ1n) is 7.29. The highest BCUT2D eigenvalue weighted by atomic mass is 16.5. The first-order chi connectivity index (χ1) is 9.15. The minimum atomic E-state index is -0.258. The molecule has 2 nitrogen and oxygen atoms in total. The zero-order chi connectivity index (χ0) is 13.7. The second kappa shape index (κ2) is 6.10. The van der Waals surface area contributed by atoms with Gasteiger partial charge in [-0.15, -0.1) is 0 Å². The Balaban J connectivity index is 2.01. The lowest BCUT2D eigenvalue weighted by atomic mass is 9.76. The molecule has 0 heterocycles. The monoisotopic (exact) mass is 257 g/mol. The van der Waals surface area contributed by atoms with Crippen LogP contribution in [0.15, 0.2) is 24.3 Å². The van der Waals surface area contributed by atoms with Gasteiger partial charge in [0.15, 0.2) is 0 Å². The van der Waals surface area contributed by atoms with Crippen LogP contribution in [0.2, 0.25) is 0 Å². The summed E-state index contributed by atoms with van der Waals surface area (Å²) in [5.41, 5.74) is 1.03. The number of benzene rings is 1. The Kier molecular flexibility index (Phi) is 4.47. The molecular weight excluding hydrogens is 234 g/mol. The molecule has 0 unspecified atom stereocenters. The van der Waals surface area contributed by atoms with Crippen molar-refractivity contribution in [2.75, 3.05) is 6.61 Å². The molecule has 0 spiro atoms. The number of hydrogen-bond acceptors (Lipinski definition) is 2. The van der Waals surface area contributed by atoms with E-state index in [1.807, 2.05) is 12.1 Å². The Morgan fingerprint density at radius 2 is 2.00 bits per heavy atom. The van der Waals surface area contributed by atoms with E-state index in [1.54, 1.807) is 0 Å². The van der Waals surface area contributed by atoms with E-state index in [1.165, 1.54) is 12.0 Å². The van der Waals surface area contributed by atoms with Gasteiger partial charge in [-0.25, -0.2) is 0 Å². The summed E-state index contributed by atoms with van der Waals surface area (Å²) in [6, 6.07) is 10.7. The molecule has 1 aliphatic rings. The third kappa shape index (κ3) is 3.50. The maximum Gasteiger partial charge on any atom is 0.119 e. The van der Waals surface area contributed by atoms with Gasteiger partial charge < -0.3 is 4.74 Å². The van der Waals surface area contributed by atoms with E-state index in [0.717, 1.165) is 31.4 Å². The zero-order valence-corrected chi connectivity index (χ0v) is 12.0. The van der Waals surface area contributed by atoms with Crippen LogP contribution in [-0.2, 0) is 0 Å². The van der Waals surface area contributed by atoms with Gasteiger partial charge in [0, 0.05) is 0 Å². The number of hydrogen-bond donors (Lipinski definition) is 0. The summed E-state index contributed by atoms with van der Waals surface area (Å²) >= 11 is 0. The second-order valence-electron chi connectivity index (χ2n) is 5.97. The van der Waals surface area contributed by atoms with Gasteiger partial charge in [-0.3, -0.25) is 0 Å². The third-order valence-corrected chi connectivity index (χ3v) is 4.09. The minimum Gasteiger partial charge on any atom is -0.492 e. The molecule has 0 aromatic heterocycles. The molecule has 0 saturated heterocycles. The summed E-state index contributed by atoms with van der Waals surface area (Å²) in [6.07, 6.45) is 5.53. The van der Waals surface area contributed by atoms with Gasteiger partial charge in [0.1, 0.15) is 12.4 Å². The van der Waals surface area contributed by atoms with Crippen LogP contribution in [-0.4, -0.2) is 6.61 Å². The zero-order valence-electron chi connectivity index (χ0n) is 12.0. The number of nitrogens with zero attached hydrogens (tertiary/aromatic N) is 1. The fraction of sp³-hybridized carbons (Fsp3) is 0.588. The predicted molar refractivity (Wildman–Crippen MR) is 77.2 cm³/mol. The molecule has 1 saturated carbocycles. The SMILES string of the molecule is CC(C)c1cccc(OCC2(C#N)CCCCC2)c1. The van der Waals surface area contributed by atoms with Crippen molar-refractivity contribution in [3.63, 3.8) is 0 Å². The van der Waals surface area contributed by atoms with Crippen LogP contribution in [0, 0.1) is 16.7 Å². The average Bonchev–Trinajstić information content (AvgIpc) is 2.46. The quantitative estimate of drug-likeness (QED) is 0.785. The Bertz CT molecular complexity index is 453. The average molecular weight is 257 g/mol. The number of rotatable bonds is 4. The van der Waals surface area contributed by atoms with Crippen molar-refractivity contribution >= 4 is 0 Å². The van der Waals surface area contributed by atoms with Crippen molar-refractivity contribution < 1.29 is 4.74 Å². The minimum absolute atomic E-state index is 0.258. The number of ether oxygens (including phenoxy) is 1. The molecule has 0 amide bonds. The van der Waals surface area contributed by atoms with Crippen molar-refractivity contribution in [1.82, 2.24) is 0 Å². The van der Waals surface area contributed by atoms with E-state index >= 15 is 0 Å². The molecule has 102 valence electrons. The molecule has 2 heteroatoms. The largest absolute Gasteiger partial charge is 0.492 e. The lowest BCUT2D eigenvalue weighted by Crippen LogP contribution is -2.29. The van der Waals surface area contributed by atoms with E-state index < -0.39 is 0 Å². The van der Waals surface area contributed by atoms with Crippen LogP contribution < -0.4 is 4.74 Å². The third-order valence-electron chi connectivity index (χ3n) is 4.09. The van der Waals surface area contributed by atoms with Gasteiger partial charge in [0.25, 0.3) is 0 Å². The van der Waals surface area contributed by atoms with Crippen molar-refractivity contribution in [2.45, 2.75) is 51.9 Å². The summed E-state index contributed by atoms with van der Waals surface area (Å²) in [5.74, 6) is 1.40. The highest BCUT2D eigenvalue weighted by Gasteiger charge is 2.33. The van der Waals surface area contributed by atoms with Gasteiger partial charge in [0.05, 0.1) is 11.5 Å². The molecule has 0 atom stereocenters. The lowest BCUT2D eigenvalue weighted by molar-refractivity contribution is 0.150. The molecule has 0 aliphatic heterocycles. The molecule has 2 rings (SSSR count). The molecule has 1 aromatic carbocycles. The molecule has 1 aliphatic carbocycles. The molecule has 1 fully saturated rings. The van der Waals surface area contributed by atoms with Gasteiger partial charge in [-0.05, 0) is 36.5 Å². The standard InChI is InChI=1S/C17H23NO/c1-14(2)15-7-6-8-16(11-15)19-13-17(12-18)9-4-3-5-10-17/h6-8,11,14H,3-5,9-10,13H2,1-2H3. The number of nitriles is 1.